The van der Waals surface area contributed by atoms with Gasteiger partial charge < -0.3 is 14.6 Å². The monoisotopic (exact) mass is 364 g/mol. The molecule has 0 heterocycles. The van der Waals surface area contributed by atoms with Crippen molar-refractivity contribution in [3.05, 3.63) is 65.7 Å². The fourth-order valence-corrected chi connectivity index (χ4v) is 2.68. The maximum Gasteiger partial charge on any atom is 0.275 e. The molecule has 0 fully saturated rings. The number of ether oxygens (including phenoxy) is 2. The van der Waals surface area contributed by atoms with E-state index in [0.29, 0.717) is 18.1 Å². The van der Waals surface area contributed by atoms with E-state index in [1.807, 2.05) is 31.2 Å². The first-order valence-electron chi connectivity index (χ1n) is 8.48. The first-order valence-corrected chi connectivity index (χ1v) is 8.48. The van der Waals surface area contributed by atoms with Gasteiger partial charge in [-0.25, -0.2) is 5.43 Å². The third-order valence-electron chi connectivity index (χ3n) is 3.98. The lowest BCUT2D eigenvalue weighted by molar-refractivity contribution is 0.0952. The Kier molecular flexibility index (Phi) is 5.56. The number of phenols is 1. The number of rotatable bonds is 6. The Bertz CT molecular complexity index is 999. The molecule has 3 rings (SSSR count). The fraction of sp³-hybridized carbons (Fsp3) is 0.143. The van der Waals surface area contributed by atoms with Gasteiger partial charge in [-0.3, -0.25) is 4.79 Å². The van der Waals surface area contributed by atoms with E-state index in [1.54, 1.807) is 37.4 Å². The minimum absolute atomic E-state index is 0.0934. The van der Waals surface area contributed by atoms with Gasteiger partial charge in [0.2, 0.25) is 0 Å². The molecule has 0 aromatic heterocycles. The van der Waals surface area contributed by atoms with Crippen molar-refractivity contribution in [2.75, 3.05) is 13.7 Å². The third kappa shape index (κ3) is 4.17. The normalized spacial score (nSPS) is 10.9. The topological polar surface area (TPSA) is 80.2 Å². The van der Waals surface area contributed by atoms with Gasteiger partial charge in [-0.15, -0.1) is 0 Å². The van der Waals surface area contributed by atoms with Crippen molar-refractivity contribution in [3.63, 3.8) is 0 Å². The van der Waals surface area contributed by atoms with Gasteiger partial charge in [0, 0.05) is 0 Å². The van der Waals surface area contributed by atoms with Crippen LogP contribution in [0.2, 0.25) is 0 Å². The van der Waals surface area contributed by atoms with Crippen LogP contribution in [-0.4, -0.2) is 30.9 Å². The summed E-state index contributed by atoms with van der Waals surface area (Å²) in [4.78, 5) is 12.3. The zero-order valence-corrected chi connectivity index (χ0v) is 15.1. The summed E-state index contributed by atoms with van der Waals surface area (Å²) in [6.45, 7) is 2.43. The Morgan fingerprint density at radius 2 is 1.85 bits per heavy atom. The Morgan fingerprint density at radius 3 is 2.56 bits per heavy atom. The highest BCUT2D eigenvalue weighted by molar-refractivity contribution is 6.01. The highest BCUT2D eigenvalue weighted by Gasteiger charge is 2.12. The molecule has 138 valence electrons. The van der Waals surface area contributed by atoms with Crippen LogP contribution >= 0.6 is 0 Å². The van der Waals surface area contributed by atoms with E-state index in [-0.39, 0.29) is 11.3 Å². The average Bonchev–Trinajstić information content (AvgIpc) is 2.68. The van der Waals surface area contributed by atoms with Gasteiger partial charge >= 0.3 is 0 Å². The number of phenolic OH excluding ortho intramolecular Hbond substituents is 1. The molecule has 3 aromatic carbocycles. The van der Waals surface area contributed by atoms with Crippen molar-refractivity contribution in [2.24, 2.45) is 5.10 Å². The van der Waals surface area contributed by atoms with E-state index in [1.165, 1.54) is 6.21 Å². The van der Waals surface area contributed by atoms with Crippen LogP contribution in [0, 0.1) is 0 Å². The Hall–Kier alpha value is -3.54. The number of nitrogens with one attached hydrogen (secondary N) is 1. The van der Waals surface area contributed by atoms with Gasteiger partial charge in [-0.1, -0.05) is 24.3 Å². The number of nitrogens with zero attached hydrogens (tertiary/aromatic N) is 1. The van der Waals surface area contributed by atoms with E-state index in [4.69, 9.17) is 9.47 Å². The molecule has 0 aliphatic heterocycles. The predicted molar refractivity (Wildman–Crippen MR) is 105 cm³/mol. The zero-order valence-electron chi connectivity index (χ0n) is 15.1. The van der Waals surface area contributed by atoms with Gasteiger partial charge in [0.25, 0.3) is 5.91 Å². The summed E-state index contributed by atoms with van der Waals surface area (Å²) in [5.41, 5.74) is 3.33. The molecular formula is C21H20N2O4. The molecule has 1 amide bonds. The number of methoxy groups -OCH3 is 1. The van der Waals surface area contributed by atoms with Gasteiger partial charge in [0.1, 0.15) is 5.75 Å². The highest BCUT2D eigenvalue weighted by Crippen LogP contribution is 2.27. The van der Waals surface area contributed by atoms with Crippen molar-refractivity contribution < 1.29 is 19.4 Å². The van der Waals surface area contributed by atoms with Crippen LogP contribution in [0.5, 0.6) is 17.2 Å². The van der Waals surface area contributed by atoms with E-state index in [9.17, 15) is 9.90 Å². The van der Waals surface area contributed by atoms with Crippen molar-refractivity contribution in [1.29, 1.82) is 0 Å². The van der Waals surface area contributed by atoms with Gasteiger partial charge in [0.05, 0.1) is 25.5 Å². The van der Waals surface area contributed by atoms with Crippen LogP contribution < -0.4 is 14.9 Å². The van der Waals surface area contributed by atoms with Gasteiger partial charge in [-0.2, -0.15) is 5.10 Å². The molecule has 0 radical (unpaired) electrons. The molecule has 27 heavy (non-hydrogen) atoms. The SMILES string of the molecule is CCOc1ccc(/C=N\NC(=O)c2cc3ccccc3cc2O)cc1OC. The molecule has 6 nitrogen and oxygen atoms in total. The predicted octanol–water partition coefficient (Wildman–Crippen LogP) is 3.72. The number of aromatic hydroxyl groups is 1. The molecule has 0 unspecified atom stereocenters. The standard InChI is InChI=1S/C21H20N2O4/c1-3-27-19-9-8-14(10-20(19)26-2)13-22-23-21(25)17-11-15-6-4-5-7-16(15)12-18(17)24/h4-13,24H,3H2,1-2H3,(H,23,25)/b22-13-. The lowest BCUT2D eigenvalue weighted by Crippen LogP contribution is -2.17. The van der Waals surface area contributed by atoms with Crippen molar-refractivity contribution in [2.45, 2.75) is 6.92 Å². The maximum atomic E-state index is 12.3. The summed E-state index contributed by atoms with van der Waals surface area (Å²) in [5, 5.41) is 15.8. The molecule has 3 aromatic rings. The number of hydrazone groups is 1. The maximum absolute atomic E-state index is 12.3. The molecule has 0 aliphatic rings. The lowest BCUT2D eigenvalue weighted by atomic mass is 10.1. The second-order valence-corrected chi connectivity index (χ2v) is 5.76. The van der Waals surface area contributed by atoms with Crippen molar-refractivity contribution in [1.82, 2.24) is 5.43 Å². The summed E-state index contributed by atoms with van der Waals surface area (Å²) in [7, 11) is 1.56. The van der Waals surface area contributed by atoms with E-state index in [2.05, 4.69) is 10.5 Å². The van der Waals surface area contributed by atoms with E-state index in [0.717, 1.165) is 16.3 Å². The molecule has 0 atom stereocenters. The molecule has 2 N–H and O–H groups in total. The number of amides is 1. The zero-order chi connectivity index (χ0) is 19.2. The highest BCUT2D eigenvalue weighted by atomic mass is 16.5. The number of hydrogen-bond acceptors (Lipinski definition) is 5. The third-order valence-corrected chi connectivity index (χ3v) is 3.98. The van der Waals surface area contributed by atoms with Gasteiger partial charge in [-0.05, 0) is 53.6 Å². The van der Waals surface area contributed by atoms with Crippen LogP contribution in [0.25, 0.3) is 10.8 Å². The largest absolute Gasteiger partial charge is 0.507 e. The number of hydrogen-bond donors (Lipinski definition) is 2. The Balaban J connectivity index is 1.74. The molecule has 0 aliphatic carbocycles. The number of benzene rings is 3. The molecule has 0 spiro atoms. The minimum atomic E-state index is -0.493. The average molecular weight is 364 g/mol. The summed E-state index contributed by atoms with van der Waals surface area (Å²) in [5.74, 6) is 0.637. The quantitative estimate of drug-likeness (QED) is 0.516. The first-order chi connectivity index (χ1) is 13.1. The lowest BCUT2D eigenvalue weighted by Gasteiger charge is -2.09. The number of carbonyl (C=O) groups excluding carboxylic acids is 1. The summed E-state index contributed by atoms with van der Waals surface area (Å²) in [6.07, 6.45) is 1.49. The van der Waals surface area contributed by atoms with Crippen molar-refractivity contribution >= 4 is 22.9 Å². The molecule has 0 saturated heterocycles. The Morgan fingerprint density at radius 1 is 1.11 bits per heavy atom. The first kappa shape index (κ1) is 18.3. The van der Waals surface area contributed by atoms with Crippen LogP contribution in [-0.2, 0) is 0 Å². The summed E-state index contributed by atoms with van der Waals surface area (Å²) in [6, 6.07) is 16.0. The van der Waals surface area contributed by atoms with Crippen LogP contribution in [0.1, 0.15) is 22.8 Å². The van der Waals surface area contributed by atoms with E-state index >= 15 is 0 Å². The van der Waals surface area contributed by atoms with Gasteiger partial charge in [0.15, 0.2) is 11.5 Å². The van der Waals surface area contributed by atoms with E-state index < -0.39 is 5.91 Å². The molecule has 6 heteroatoms. The Labute approximate surface area is 157 Å². The molecule has 0 bridgehead atoms. The second-order valence-electron chi connectivity index (χ2n) is 5.76. The molecular weight excluding hydrogens is 344 g/mol. The van der Waals surface area contributed by atoms with Crippen molar-refractivity contribution in [3.8, 4) is 17.2 Å². The van der Waals surface area contributed by atoms with Crippen LogP contribution in [0.15, 0.2) is 59.7 Å². The van der Waals surface area contributed by atoms with Crippen LogP contribution in [0.4, 0.5) is 0 Å². The molecule has 0 saturated carbocycles. The summed E-state index contributed by atoms with van der Waals surface area (Å²) < 4.78 is 10.7. The smallest absolute Gasteiger partial charge is 0.275 e. The number of fused-ring (bicyclic) bond motifs is 1. The summed E-state index contributed by atoms with van der Waals surface area (Å²) >= 11 is 0. The van der Waals surface area contributed by atoms with Crippen LogP contribution in [0.3, 0.4) is 0 Å². The minimum Gasteiger partial charge on any atom is -0.507 e. The second kappa shape index (κ2) is 8.23. The fourth-order valence-electron chi connectivity index (χ4n) is 2.68. The number of carbonyl (C=O) groups is 1.